The first-order valence-electron chi connectivity index (χ1n) is 6.87. The minimum Gasteiger partial charge on any atom is -0.381 e. The van der Waals surface area contributed by atoms with Gasteiger partial charge < -0.3 is 10.5 Å². The summed E-state index contributed by atoms with van der Waals surface area (Å²) in [7, 11) is -1.83. The van der Waals surface area contributed by atoms with Crippen LogP contribution in [-0.2, 0) is 21.3 Å². The van der Waals surface area contributed by atoms with E-state index in [0.29, 0.717) is 22.9 Å². The highest BCUT2D eigenvalue weighted by Gasteiger charge is 2.26. The minimum atomic E-state index is -3.47. The number of rotatable bonds is 5. The van der Waals surface area contributed by atoms with E-state index in [1.54, 1.807) is 31.3 Å². The molecule has 1 fully saturated rings. The fourth-order valence-electron chi connectivity index (χ4n) is 2.48. The van der Waals surface area contributed by atoms with Gasteiger partial charge in [0.1, 0.15) is 0 Å². The Balaban J connectivity index is 2.16. The molecule has 0 aliphatic carbocycles. The average molecular weight is 298 g/mol. The molecule has 0 unspecified atom stereocenters. The monoisotopic (exact) mass is 298 g/mol. The lowest BCUT2D eigenvalue weighted by Crippen LogP contribution is -2.34. The summed E-state index contributed by atoms with van der Waals surface area (Å²) >= 11 is 0. The molecule has 0 atom stereocenters. The number of sulfonamides is 1. The van der Waals surface area contributed by atoms with E-state index in [0.717, 1.165) is 26.1 Å². The van der Waals surface area contributed by atoms with E-state index in [1.165, 1.54) is 4.31 Å². The molecule has 0 amide bonds. The number of nitrogens with zero attached hydrogens (tertiary/aromatic N) is 1. The molecule has 1 aromatic rings. The molecule has 0 radical (unpaired) electrons. The molecule has 20 heavy (non-hydrogen) atoms. The zero-order chi connectivity index (χ0) is 14.6. The summed E-state index contributed by atoms with van der Waals surface area (Å²) in [6, 6.07) is 6.92. The third-order valence-corrected chi connectivity index (χ3v) is 5.66. The van der Waals surface area contributed by atoms with Crippen molar-refractivity contribution in [1.82, 2.24) is 4.31 Å². The van der Waals surface area contributed by atoms with E-state index in [2.05, 4.69) is 0 Å². The van der Waals surface area contributed by atoms with Crippen molar-refractivity contribution < 1.29 is 13.2 Å². The number of hydrogen-bond acceptors (Lipinski definition) is 4. The van der Waals surface area contributed by atoms with Gasteiger partial charge in [0.25, 0.3) is 0 Å². The Morgan fingerprint density at radius 3 is 2.60 bits per heavy atom. The Morgan fingerprint density at radius 2 is 1.95 bits per heavy atom. The lowest BCUT2D eigenvalue weighted by atomic mass is 10.0. The van der Waals surface area contributed by atoms with Gasteiger partial charge in [-0.05, 0) is 30.4 Å². The van der Waals surface area contributed by atoms with Gasteiger partial charge in [-0.1, -0.05) is 18.2 Å². The summed E-state index contributed by atoms with van der Waals surface area (Å²) in [6.07, 6.45) is 1.83. The standard InChI is InChI=1S/C14H22N2O3S/c1-16(11-12-6-8-19-9-7-12)20(17,18)14-5-3-2-4-13(14)10-15/h2-5,12H,6-11,15H2,1H3. The van der Waals surface area contributed by atoms with Crippen molar-refractivity contribution in [3.8, 4) is 0 Å². The van der Waals surface area contributed by atoms with Crippen LogP contribution in [-0.4, -0.2) is 39.5 Å². The highest BCUT2D eigenvalue weighted by atomic mass is 32.2. The summed E-state index contributed by atoms with van der Waals surface area (Å²) in [5.41, 5.74) is 6.29. The van der Waals surface area contributed by atoms with Crippen LogP contribution in [0.4, 0.5) is 0 Å². The van der Waals surface area contributed by atoms with Gasteiger partial charge >= 0.3 is 0 Å². The number of benzene rings is 1. The van der Waals surface area contributed by atoms with E-state index in [4.69, 9.17) is 10.5 Å². The van der Waals surface area contributed by atoms with Crippen LogP contribution in [0.3, 0.4) is 0 Å². The van der Waals surface area contributed by atoms with E-state index < -0.39 is 10.0 Å². The number of ether oxygens (including phenoxy) is 1. The van der Waals surface area contributed by atoms with Crippen LogP contribution < -0.4 is 5.73 Å². The second-order valence-corrected chi connectivity index (χ2v) is 7.17. The molecular formula is C14H22N2O3S. The molecule has 1 aliphatic rings. The van der Waals surface area contributed by atoms with Crippen molar-refractivity contribution in [3.63, 3.8) is 0 Å². The minimum absolute atomic E-state index is 0.223. The Labute approximate surface area is 120 Å². The SMILES string of the molecule is CN(CC1CCOCC1)S(=O)(=O)c1ccccc1CN. The lowest BCUT2D eigenvalue weighted by Gasteiger charge is -2.27. The Morgan fingerprint density at radius 1 is 1.30 bits per heavy atom. The summed E-state index contributed by atoms with van der Waals surface area (Å²) in [5, 5.41) is 0. The Hall–Kier alpha value is -0.950. The van der Waals surface area contributed by atoms with E-state index >= 15 is 0 Å². The summed E-state index contributed by atoms with van der Waals surface area (Å²) in [4.78, 5) is 0.317. The molecule has 6 heteroatoms. The number of hydrogen-bond donors (Lipinski definition) is 1. The predicted molar refractivity (Wildman–Crippen MR) is 77.7 cm³/mol. The van der Waals surface area contributed by atoms with Gasteiger partial charge in [0.15, 0.2) is 0 Å². The molecule has 112 valence electrons. The molecule has 0 bridgehead atoms. The first-order valence-corrected chi connectivity index (χ1v) is 8.31. The topological polar surface area (TPSA) is 72.6 Å². The Bertz CT molecular complexity index is 539. The second-order valence-electron chi connectivity index (χ2n) is 5.15. The molecule has 1 aromatic carbocycles. The third kappa shape index (κ3) is 3.38. The van der Waals surface area contributed by atoms with Gasteiger partial charge in [-0.2, -0.15) is 0 Å². The van der Waals surface area contributed by atoms with E-state index in [1.807, 2.05) is 0 Å². The third-order valence-electron chi connectivity index (χ3n) is 3.74. The van der Waals surface area contributed by atoms with Gasteiger partial charge in [0, 0.05) is 33.4 Å². The fourth-order valence-corrected chi connectivity index (χ4v) is 3.96. The molecule has 0 spiro atoms. The fraction of sp³-hybridized carbons (Fsp3) is 0.571. The van der Waals surface area contributed by atoms with Crippen molar-refractivity contribution in [2.24, 2.45) is 11.7 Å². The van der Waals surface area contributed by atoms with Gasteiger partial charge in [-0.15, -0.1) is 0 Å². The van der Waals surface area contributed by atoms with Crippen molar-refractivity contribution in [3.05, 3.63) is 29.8 Å². The largest absolute Gasteiger partial charge is 0.381 e. The molecule has 1 heterocycles. The van der Waals surface area contributed by atoms with Crippen LogP contribution >= 0.6 is 0 Å². The van der Waals surface area contributed by atoms with Crippen molar-refractivity contribution in [1.29, 1.82) is 0 Å². The first-order chi connectivity index (χ1) is 9.55. The maximum absolute atomic E-state index is 12.6. The summed E-state index contributed by atoms with van der Waals surface area (Å²) in [6.45, 7) is 2.20. The summed E-state index contributed by atoms with van der Waals surface area (Å²) < 4.78 is 32.0. The van der Waals surface area contributed by atoms with E-state index in [9.17, 15) is 8.42 Å². The molecule has 5 nitrogen and oxygen atoms in total. The maximum Gasteiger partial charge on any atom is 0.243 e. The van der Waals surface area contributed by atoms with Gasteiger partial charge in [0.05, 0.1) is 4.90 Å². The quantitative estimate of drug-likeness (QED) is 0.886. The summed E-state index contributed by atoms with van der Waals surface area (Å²) in [5.74, 6) is 0.369. The zero-order valence-electron chi connectivity index (χ0n) is 11.8. The van der Waals surface area contributed by atoms with Crippen molar-refractivity contribution >= 4 is 10.0 Å². The number of nitrogens with two attached hydrogens (primary N) is 1. The molecule has 0 aromatic heterocycles. The van der Waals surface area contributed by atoms with Crippen LogP contribution in [0.1, 0.15) is 18.4 Å². The molecule has 1 aliphatic heterocycles. The van der Waals surface area contributed by atoms with Crippen molar-refractivity contribution in [2.75, 3.05) is 26.8 Å². The van der Waals surface area contributed by atoms with Crippen LogP contribution in [0.5, 0.6) is 0 Å². The predicted octanol–water partition coefficient (Wildman–Crippen LogP) is 1.19. The highest BCUT2D eigenvalue weighted by Crippen LogP contribution is 2.22. The van der Waals surface area contributed by atoms with Crippen LogP contribution in [0, 0.1) is 5.92 Å². The van der Waals surface area contributed by atoms with E-state index in [-0.39, 0.29) is 6.54 Å². The molecule has 1 saturated heterocycles. The van der Waals surface area contributed by atoms with Gasteiger partial charge in [-0.3, -0.25) is 0 Å². The first kappa shape index (κ1) is 15.4. The van der Waals surface area contributed by atoms with Crippen molar-refractivity contribution in [2.45, 2.75) is 24.3 Å². The molecule has 2 rings (SSSR count). The maximum atomic E-state index is 12.6. The molecule has 0 saturated carbocycles. The van der Waals surface area contributed by atoms with Crippen LogP contribution in [0.2, 0.25) is 0 Å². The van der Waals surface area contributed by atoms with Gasteiger partial charge in [-0.25, -0.2) is 12.7 Å². The molecular weight excluding hydrogens is 276 g/mol. The van der Waals surface area contributed by atoms with Crippen LogP contribution in [0.15, 0.2) is 29.2 Å². The van der Waals surface area contributed by atoms with Crippen LogP contribution in [0.25, 0.3) is 0 Å². The zero-order valence-corrected chi connectivity index (χ0v) is 12.6. The highest BCUT2D eigenvalue weighted by molar-refractivity contribution is 7.89. The average Bonchev–Trinajstić information content (AvgIpc) is 2.48. The normalized spacial score (nSPS) is 17.6. The molecule has 2 N–H and O–H groups in total. The van der Waals surface area contributed by atoms with Gasteiger partial charge in [0.2, 0.25) is 10.0 Å². The Kier molecular flexibility index (Phi) is 5.15. The lowest BCUT2D eigenvalue weighted by molar-refractivity contribution is 0.0620. The second kappa shape index (κ2) is 6.67. The smallest absolute Gasteiger partial charge is 0.243 e.